The molecule has 0 fully saturated rings. The number of nitrogens with one attached hydrogen (secondary N) is 1. The van der Waals surface area contributed by atoms with Crippen molar-refractivity contribution in [2.75, 3.05) is 6.61 Å². The van der Waals surface area contributed by atoms with Crippen molar-refractivity contribution in [2.24, 2.45) is 5.92 Å². The second kappa shape index (κ2) is 11.0. The van der Waals surface area contributed by atoms with Crippen LogP contribution in [0.4, 0.5) is 0 Å². The number of hydrogen-bond donors (Lipinski definition) is 1. The Hall–Kier alpha value is -3.32. The fourth-order valence-corrected chi connectivity index (χ4v) is 4.36. The largest absolute Gasteiger partial charge is 0.489 e. The lowest BCUT2D eigenvalue weighted by atomic mass is 9.94. The van der Waals surface area contributed by atoms with Crippen molar-refractivity contribution in [3.63, 3.8) is 0 Å². The van der Waals surface area contributed by atoms with Crippen molar-refractivity contribution in [3.8, 4) is 28.6 Å². The highest BCUT2D eigenvalue weighted by atomic mass is 35.5. The van der Waals surface area contributed by atoms with Crippen LogP contribution in [0.25, 0.3) is 33.7 Å². The lowest BCUT2D eigenvalue weighted by Gasteiger charge is -2.14. The minimum Gasteiger partial charge on any atom is -0.489 e. The number of halogens is 1. The molecular formula is C27H30ClN3O4. The standard InChI is InChI=1S/C27H30ClN3O4/c1-5-17(27(32)33-6-2)7-8-18-9-11-21(24-20(18)13-14-29-24)25-30-26(35-31-25)19-10-12-23(22(28)15-19)34-16(3)4/h9-17,29H,5-8H2,1-4H3. The van der Waals surface area contributed by atoms with Crippen LogP contribution in [0.5, 0.6) is 5.75 Å². The third-order valence-electron chi connectivity index (χ3n) is 5.90. The zero-order chi connectivity index (χ0) is 24.9. The van der Waals surface area contributed by atoms with Gasteiger partial charge in [0, 0.05) is 22.7 Å². The Balaban J connectivity index is 1.57. The van der Waals surface area contributed by atoms with Crippen LogP contribution >= 0.6 is 11.6 Å². The highest BCUT2D eigenvalue weighted by molar-refractivity contribution is 6.32. The first-order chi connectivity index (χ1) is 16.9. The third-order valence-corrected chi connectivity index (χ3v) is 6.19. The summed E-state index contributed by atoms with van der Waals surface area (Å²) in [6, 6.07) is 11.5. The number of esters is 1. The number of ether oxygens (including phenoxy) is 2. The summed E-state index contributed by atoms with van der Waals surface area (Å²) in [6.07, 6.45) is 4.19. The Morgan fingerprint density at radius 2 is 2.00 bits per heavy atom. The molecule has 0 aliphatic rings. The average Bonchev–Trinajstić information content (AvgIpc) is 3.51. The average molecular weight is 496 g/mol. The molecule has 0 bridgehead atoms. The Kier molecular flexibility index (Phi) is 7.76. The zero-order valence-electron chi connectivity index (χ0n) is 20.4. The van der Waals surface area contributed by atoms with Crippen molar-refractivity contribution in [3.05, 3.63) is 53.2 Å². The molecular weight excluding hydrogens is 466 g/mol. The molecule has 1 N–H and O–H groups in total. The Morgan fingerprint density at radius 1 is 1.17 bits per heavy atom. The van der Waals surface area contributed by atoms with Gasteiger partial charge in [-0.2, -0.15) is 4.98 Å². The number of nitrogens with zero attached hydrogens (tertiary/aromatic N) is 2. The van der Waals surface area contributed by atoms with Gasteiger partial charge in [-0.25, -0.2) is 0 Å². The molecule has 35 heavy (non-hydrogen) atoms. The minimum atomic E-state index is -0.125. The van der Waals surface area contributed by atoms with Gasteiger partial charge in [-0.1, -0.05) is 29.7 Å². The van der Waals surface area contributed by atoms with Gasteiger partial charge >= 0.3 is 5.97 Å². The summed E-state index contributed by atoms with van der Waals surface area (Å²) in [6.45, 7) is 8.15. The van der Waals surface area contributed by atoms with E-state index in [9.17, 15) is 4.79 Å². The Morgan fingerprint density at radius 3 is 2.71 bits per heavy atom. The zero-order valence-corrected chi connectivity index (χ0v) is 21.2. The van der Waals surface area contributed by atoms with Gasteiger partial charge in [-0.15, -0.1) is 0 Å². The van der Waals surface area contributed by atoms with Crippen molar-refractivity contribution >= 4 is 28.5 Å². The number of carbonyl (C=O) groups excluding carboxylic acids is 1. The van der Waals surface area contributed by atoms with Crippen molar-refractivity contribution in [1.29, 1.82) is 0 Å². The second-order valence-corrected chi connectivity index (χ2v) is 9.08. The minimum absolute atomic E-state index is 0.0255. The SMILES string of the molecule is CCOC(=O)C(CC)CCc1ccc(-c2noc(-c3ccc(OC(C)C)c(Cl)c3)n2)c2[nH]ccc12. The predicted octanol–water partition coefficient (Wildman–Crippen LogP) is 6.85. The van der Waals surface area contributed by atoms with Gasteiger partial charge < -0.3 is 19.0 Å². The molecule has 4 rings (SSSR count). The smallest absolute Gasteiger partial charge is 0.308 e. The Labute approximate surface area is 209 Å². The summed E-state index contributed by atoms with van der Waals surface area (Å²) in [5.74, 6) is 1.24. The molecule has 2 heterocycles. The normalized spacial score (nSPS) is 12.3. The van der Waals surface area contributed by atoms with Crippen LogP contribution in [0.1, 0.15) is 46.1 Å². The van der Waals surface area contributed by atoms with Gasteiger partial charge in [-0.3, -0.25) is 4.79 Å². The molecule has 0 amide bonds. The number of fused-ring (bicyclic) bond motifs is 1. The molecule has 0 saturated heterocycles. The van der Waals surface area contributed by atoms with Gasteiger partial charge in [0.25, 0.3) is 5.89 Å². The van der Waals surface area contributed by atoms with E-state index < -0.39 is 0 Å². The van der Waals surface area contributed by atoms with Crippen molar-refractivity contribution < 1.29 is 18.8 Å². The molecule has 0 aliphatic heterocycles. The fraction of sp³-hybridized carbons (Fsp3) is 0.370. The number of hydrogen-bond acceptors (Lipinski definition) is 6. The molecule has 7 nitrogen and oxygen atoms in total. The molecule has 0 saturated carbocycles. The summed E-state index contributed by atoms with van der Waals surface area (Å²) >= 11 is 6.38. The van der Waals surface area contributed by atoms with Crippen LogP contribution in [0, 0.1) is 5.92 Å². The van der Waals surface area contributed by atoms with Gasteiger partial charge in [-0.05, 0) is 75.9 Å². The van der Waals surface area contributed by atoms with Crippen LogP contribution in [0.15, 0.2) is 47.1 Å². The van der Waals surface area contributed by atoms with E-state index in [-0.39, 0.29) is 18.0 Å². The quantitative estimate of drug-likeness (QED) is 0.242. The van der Waals surface area contributed by atoms with E-state index in [4.69, 9.17) is 25.6 Å². The van der Waals surface area contributed by atoms with E-state index in [2.05, 4.69) is 21.2 Å². The van der Waals surface area contributed by atoms with E-state index in [1.54, 1.807) is 12.1 Å². The molecule has 0 spiro atoms. The molecule has 2 aromatic carbocycles. The van der Waals surface area contributed by atoms with E-state index in [1.807, 2.05) is 52.1 Å². The van der Waals surface area contributed by atoms with Crippen LogP contribution in [0.3, 0.4) is 0 Å². The molecule has 184 valence electrons. The Bertz CT molecular complexity index is 1310. The van der Waals surface area contributed by atoms with E-state index in [1.165, 1.54) is 0 Å². The molecule has 1 unspecified atom stereocenters. The highest BCUT2D eigenvalue weighted by Gasteiger charge is 2.20. The lowest BCUT2D eigenvalue weighted by Crippen LogP contribution is -2.17. The monoisotopic (exact) mass is 495 g/mol. The number of rotatable bonds is 10. The van der Waals surface area contributed by atoms with Crippen LogP contribution < -0.4 is 4.74 Å². The van der Waals surface area contributed by atoms with Gasteiger partial charge in [0.05, 0.1) is 29.2 Å². The number of aromatic nitrogens is 3. The molecule has 0 aliphatic carbocycles. The van der Waals surface area contributed by atoms with Gasteiger partial charge in [0.2, 0.25) is 5.82 Å². The molecule has 8 heteroatoms. The second-order valence-electron chi connectivity index (χ2n) is 8.67. The molecule has 4 aromatic rings. The number of aryl methyl sites for hydroxylation is 1. The van der Waals surface area contributed by atoms with Crippen molar-refractivity contribution in [2.45, 2.75) is 53.1 Å². The number of benzene rings is 2. The van der Waals surface area contributed by atoms with Crippen LogP contribution in [0.2, 0.25) is 5.02 Å². The fourth-order valence-electron chi connectivity index (χ4n) is 4.13. The number of carbonyl (C=O) groups is 1. The van der Waals surface area contributed by atoms with E-state index in [0.717, 1.165) is 41.3 Å². The first-order valence-electron chi connectivity index (χ1n) is 12.0. The molecule has 2 aromatic heterocycles. The summed E-state index contributed by atoms with van der Waals surface area (Å²) in [5.41, 5.74) is 3.64. The first kappa shape index (κ1) is 24.8. The number of aromatic amines is 1. The molecule has 1 atom stereocenters. The summed E-state index contributed by atoms with van der Waals surface area (Å²) in [5, 5.41) is 5.77. The summed E-state index contributed by atoms with van der Waals surface area (Å²) in [7, 11) is 0. The predicted molar refractivity (Wildman–Crippen MR) is 137 cm³/mol. The van der Waals surface area contributed by atoms with E-state index >= 15 is 0 Å². The molecule has 0 radical (unpaired) electrons. The lowest BCUT2D eigenvalue weighted by molar-refractivity contribution is -0.148. The first-order valence-corrected chi connectivity index (χ1v) is 12.3. The third kappa shape index (κ3) is 5.51. The highest BCUT2D eigenvalue weighted by Crippen LogP contribution is 2.33. The summed E-state index contributed by atoms with van der Waals surface area (Å²) < 4.78 is 16.5. The topological polar surface area (TPSA) is 90.2 Å². The number of H-pyrrole nitrogens is 1. The van der Waals surface area contributed by atoms with E-state index in [0.29, 0.717) is 34.7 Å². The van der Waals surface area contributed by atoms with Crippen LogP contribution in [-0.4, -0.2) is 33.8 Å². The van der Waals surface area contributed by atoms with Crippen LogP contribution in [-0.2, 0) is 16.0 Å². The van der Waals surface area contributed by atoms with Gasteiger partial charge in [0.1, 0.15) is 5.75 Å². The van der Waals surface area contributed by atoms with Gasteiger partial charge in [0.15, 0.2) is 0 Å². The maximum absolute atomic E-state index is 12.2. The van der Waals surface area contributed by atoms with Crippen molar-refractivity contribution in [1.82, 2.24) is 15.1 Å². The summed E-state index contributed by atoms with van der Waals surface area (Å²) in [4.78, 5) is 20.1. The maximum atomic E-state index is 12.2. The maximum Gasteiger partial charge on any atom is 0.308 e.